The largest absolute Gasteiger partial charge is 0.398 e. The zero-order chi connectivity index (χ0) is 12.8. The van der Waals surface area contributed by atoms with E-state index >= 15 is 0 Å². The third-order valence-electron chi connectivity index (χ3n) is 2.69. The summed E-state index contributed by atoms with van der Waals surface area (Å²) in [6.45, 7) is 0.885. The zero-order valence-corrected chi connectivity index (χ0v) is 10.8. The maximum Gasteiger partial charge on any atom is 0.0670 e. The fourth-order valence-electron chi connectivity index (χ4n) is 1.74. The van der Waals surface area contributed by atoms with Crippen LogP contribution in [0.15, 0.2) is 35.7 Å². The molecule has 0 bridgehead atoms. The van der Waals surface area contributed by atoms with Gasteiger partial charge in [0.25, 0.3) is 0 Å². The molecule has 3 N–H and O–H groups in total. The summed E-state index contributed by atoms with van der Waals surface area (Å²) >= 11 is 1.77. The molecule has 0 unspecified atom stereocenters. The Morgan fingerprint density at radius 3 is 2.94 bits per heavy atom. The van der Waals surface area contributed by atoms with Gasteiger partial charge < -0.3 is 11.1 Å². The van der Waals surface area contributed by atoms with Gasteiger partial charge in [-0.15, -0.1) is 11.3 Å². The van der Waals surface area contributed by atoms with Crippen molar-refractivity contribution in [2.24, 2.45) is 0 Å². The van der Waals surface area contributed by atoms with E-state index in [1.165, 1.54) is 4.88 Å². The first kappa shape index (κ1) is 12.5. The predicted octanol–water partition coefficient (Wildman–Crippen LogP) is 3.05. The van der Waals surface area contributed by atoms with Crippen molar-refractivity contribution in [3.63, 3.8) is 0 Å². The van der Waals surface area contributed by atoms with Gasteiger partial charge in [0.15, 0.2) is 0 Å². The summed E-state index contributed by atoms with van der Waals surface area (Å²) in [5.41, 5.74) is 8.39. The molecule has 2 rings (SSSR count). The van der Waals surface area contributed by atoms with E-state index in [1.807, 2.05) is 18.2 Å². The predicted molar refractivity (Wildman–Crippen MR) is 76.7 cm³/mol. The molecule has 0 aliphatic rings. The topological polar surface area (TPSA) is 61.8 Å². The first-order valence-electron chi connectivity index (χ1n) is 5.81. The fourth-order valence-corrected chi connectivity index (χ4v) is 2.45. The molecule has 1 aromatic heterocycles. The van der Waals surface area contributed by atoms with E-state index in [1.54, 1.807) is 11.3 Å². The van der Waals surface area contributed by atoms with Gasteiger partial charge in [-0.2, -0.15) is 5.26 Å². The first-order valence-corrected chi connectivity index (χ1v) is 6.69. The summed E-state index contributed by atoms with van der Waals surface area (Å²) in [5, 5.41) is 14.1. The number of nitrogen functional groups attached to an aromatic ring is 1. The number of thiophene rings is 1. The molecule has 18 heavy (non-hydrogen) atoms. The normalized spacial score (nSPS) is 9.94. The number of nitriles is 1. The Balaban J connectivity index is 1.93. The van der Waals surface area contributed by atoms with E-state index in [-0.39, 0.29) is 0 Å². The van der Waals surface area contributed by atoms with Crippen LogP contribution in [-0.2, 0) is 12.8 Å². The Hall–Kier alpha value is -1.99. The van der Waals surface area contributed by atoms with Crippen LogP contribution in [0, 0.1) is 11.3 Å². The van der Waals surface area contributed by atoms with Crippen molar-refractivity contribution in [3.8, 4) is 6.07 Å². The summed E-state index contributed by atoms with van der Waals surface area (Å²) in [5.74, 6) is 0. The molecule has 1 heterocycles. The minimum absolute atomic E-state index is 0.353. The van der Waals surface area contributed by atoms with Gasteiger partial charge in [0.1, 0.15) is 0 Å². The van der Waals surface area contributed by atoms with Crippen molar-refractivity contribution in [1.82, 2.24) is 0 Å². The third-order valence-corrected chi connectivity index (χ3v) is 3.63. The van der Waals surface area contributed by atoms with Crippen molar-refractivity contribution < 1.29 is 0 Å². The van der Waals surface area contributed by atoms with E-state index < -0.39 is 0 Å². The van der Waals surface area contributed by atoms with E-state index in [0.717, 1.165) is 24.2 Å². The lowest BCUT2D eigenvalue weighted by atomic mass is 10.1. The van der Waals surface area contributed by atoms with Gasteiger partial charge in [0.05, 0.1) is 12.5 Å². The molecular weight excluding hydrogens is 242 g/mol. The summed E-state index contributed by atoms with van der Waals surface area (Å²) in [6, 6.07) is 12.1. The van der Waals surface area contributed by atoms with Crippen molar-refractivity contribution in [2.45, 2.75) is 12.8 Å². The van der Waals surface area contributed by atoms with Crippen molar-refractivity contribution >= 4 is 22.7 Å². The highest BCUT2D eigenvalue weighted by Crippen LogP contribution is 2.18. The molecule has 0 fully saturated rings. The summed E-state index contributed by atoms with van der Waals surface area (Å²) < 4.78 is 0. The molecule has 4 heteroatoms. The minimum Gasteiger partial charge on any atom is -0.398 e. The number of hydrogen-bond donors (Lipinski definition) is 2. The third kappa shape index (κ3) is 3.25. The van der Waals surface area contributed by atoms with Gasteiger partial charge >= 0.3 is 0 Å². The molecule has 0 saturated heterocycles. The van der Waals surface area contributed by atoms with Crippen LogP contribution < -0.4 is 11.1 Å². The smallest absolute Gasteiger partial charge is 0.0670 e. The number of anilines is 2. The van der Waals surface area contributed by atoms with Gasteiger partial charge in [0, 0.05) is 22.8 Å². The number of nitrogens with zero attached hydrogens (tertiary/aromatic N) is 1. The molecule has 0 amide bonds. The average molecular weight is 257 g/mol. The second kappa shape index (κ2) is 6.08. The number of nitrogens with one attached hydrogen (secondary N) is 1. The van der Waals surface area contributed by atoms with Gasteiger partial charge in [-0.05, 0) is 41.6 Å². The molecule has 0 atom stereocenters. The Morgan fingerprint density at radius 2 is 2.22 bits per heavy atom. The van der Waals surface area contributed by atoms with Gasteiger partial charge in [0.2, 0.25) is 0 Å². The van der Waals surface area contributed by atoms with Crippen LogP contribution in [-0.4, -0.2) is 6.54 Å². The minimum atomic E-state index is 0.353. The highest BCUT2D eigenvalue weighted by molar-refractivity contribution is 7.09. The van der Waals surface area contributed by atoms with Crippen LogP contribution in [0.4, 0.5) is 11.4 Å². The van der Waals surface area contributed by atoms with E-state index in [2.05, 4.69) is 28.9 Å². The summed E-state index contributed by atoms with van der Waals surface area (Å²) in [7, 11) is 0. The number of benzene rings is 1. The summed E-state index contributed by atoms with van der Waals surface area (Å²) in [4.78, 5) is 1.37. The Bertz CT molecular complexity index is 541. The lowest BCUT2D eigenvalue weighted by Crippen LogP contribution is -2.05. The molecule has 3 nitrogen and oxygen atoms in total. The molecular formula is C14H15N3S. The van der Waals surface area contributed by atoms with Gasteiger partial charge in [-0.25, -0.2) is 0 Å². The van der Waals surface area contributed by atoms with Gasteiger partial charge in [-0.3, -0.25) is 0 Å². The monoisotopic (exact) mass is 257 g/mol. The molecule has 0 aliphatic carbocycles. The number of nitrogens with two attached hydrogens (primary N) is 1. The molecule has 0 aliphatic heterocycles. The van der Waals surface area contributed by atoms with Crippen LogP contribution in [0.2, 0.25) is 0 Å². The lowest BCUT2D eigenvalue weighted by Gasteiger charge is -2.08. The first-order chi connectivity index (χ1) is 8.79. The number of rotatable bonds is 5. The quantitative estimate of drug-likeness (QED) is 0.809. The Kier molecular flexibility index (Phi) is 4.21. The second-order valence-corrected chi connectivity index (χ2v) is 5.04. The molecule has 0 spiro atoms. The van der Waals surface area contributed by atoms with E-state index in [9.17, 15) is 0 Å². The molecule has 1 aromatic carbocycles. The molecule has 0 radical (unpaired) electrons. The van der Waals surface area contributed by atoms with Crippen molar-refractivity contribution in [2.75, 3.05) is 17.6 Å². The van der Waals surface area contributed by atoms with Crippen LogP contribution in [0.3, 0.4) is 0 Å². The van der Waals surface area contributed by atoms with E-state index in [0.29, 0.717) is 12.1 Å². The van der Waals surface area contributed by atoms with Crippen LogP contribution in [0.5, 0.6) is 0 Å². The SMILES string of the molecule is N#CCc1cc(NCCc2cccs2)ccc1N. The average Bonchev–Trinajstić information content (AvgIpc) is 2.87. The highest BCUT2D eigenvalue weighted by Gasteiger charge is 2.01. The van der Waals surface area contributed by atoms with Gasteiger partial charge in [-0.1, -0.05) is 6.07 Å². The van der Waals surface area contributed by atoms with Crippen LogP contribution in [0.25, 0.3) is 0 Å². The summed E-state index contributed by atoms with van der Waals surface area (Å²) in [6.07, 6.45) is 1.36. The molecule has 92 valence electrons. The molecule has 2 aromatic rings. The maximum atomic E-state index is 8.71. The zero-order valence-electron chi connectivity index (χ0n) is 10.0. The Labute approximate surface area is 111 Å². The van der Waals surface area contributed by atoms with Crippen molar-refractivity contribution in [1.29, 1.82) is 5.26 Å². The maximum absolute atomic E-state index is 8.71. The van der Waals surface area contributed by atoms with Crippen molar-refractivity contribution in [3.05, 3.63) is 46.2 Å². The van der Waals surface area contributed by atoms with Crippen LogP contribution in [0.1, 0.15) is 10.4 Å². The number of hydrogen-bond acceptors (Lipinski definition) is 4. The van der Waals surface area contributed by atoms with E-state index in [4.69, 9.17) is 11.0 Å². The standard InChI is InChI=1S/C14H15N3S/c15-7-5-11-10-12(3-4-14(11)16)17-8-6-13-2-1-9-18-13/h1-4,9-10,17H,5-6,8,16H2. The fraction of sp³-hybridized carbons (Fsp3) is 0.214. The Morgan fingerprint density at radius 1 is 1.33 bits per heavy atom. The van der Waals surface area contributed by atoms with Crippen LogP contribution >= 0.6 is 11.3 Å². The lowest BCUT2D eigenvalue weighted by molar-refractivity contribution is 1.04. The molecule has 0 saturated carbocycles. The second-order valence-electron chi connectivity index (χ2n) is 4.00. The highest BCUT2D eigenvalue weighted by atomic mass is 32.1.